The molecule has 2 bridgehead atoms. The molecule has 2 nitrogen and oxygen atoms in total. The average molecular weight is 654 g/mol. The minimum Gasteiger partial charge on any atom is -0.454 e. The van der Waals surface area contributed by atoms with Crippen molar-refractivity contribution in [3.63, 3.8) is 0 Å². The molecule has 250 valence electrons. The molecule has 5 aliphatic carbocycles. The maximum absolute atomic E-state index is 7.49. The molecule has 0 amide bonds. The Morgan fingerprint density at radius 3 is 2.02 bits per heavy atom. The molecule has 4 fully saturated rings. The van der Waals surface area contributed by atoms with Crippen LogP contribution in [0.25, 0.3) is 11.1 Å². The third-order valence-electron chi connectivity index (χ3n) is 15.0. The number of hydrogen-bond acceptors (Lipinski definition) is 2. The fraction of sp³-hybridized carbons (Fsp3) is 0.375. The van der Waals surface area contributed by atoms with Crippen LogP contribution in [0.1, 0.15) is 88.5 Å². The van der Waals surface area contributed by atoms with E-state index in [1.165, 1.54) is 83.3 Å². The molecular formula is C48H47NO. The number of benzene rings is 5. The molecule has 0 radical (unpaired) electrons. The first-order valence-electron chi connectivity index (χ1n) is 19.2. The Morgan fingerprint density at radius 1 is 0.580 bits per heavy atom. The molecule has 2 heteroatoms. The molecule has 1 aliphatic heterocycles. The van der Waals surface area contributed by atoms with Crippen LogP contribution in [0.5, 0.6) is 11.5 Å². The van der Waals surface area contributed by atoms with E-state index >= 15 is 0 Å². The lowest BCUT2D eigenvalue weighted by atomic mass is 9.26. The van der Waals surface area contributed by atoms with Crippen molar-refractivity contribution in [3.8, 4) is 22.6 Å². The Kier molecular flexibility index (Phi) is 5.72. The first-order valence-corrected chi connectivity index (χ1v) is 19.2. The third-order valence-corrected chi connectivity index (χ3v) is 15.0. The van der Waals surface area contributed by atoms with E-state index in [0.29, 0.717) is 17.3 Å². The predicted molar refractivity (Wildman–Crippen MR) is 204 cm³/mol. The zero-order chi connectivity index (χ0) is 33.6. The van der Waals surface area contributed by atoms with Crippen molar-refractivity contribution in [1.29, 1.82) is 0 Å². The van der Waals surface area contributed by atoms with E-state index in [0.717, 1.165) is 29.0 Å². The number of rotatable bonds is 4. The first-order chi connectivity index (χ1) is 24.2. The zero-order valence-corrected chi connectivity index (χ0v) is 29.9. The Morgan fingerprint density at radius 2 is 1.26 bits per heavy atom. The van der Waals surface area contributed by atoms with Gasteiger partial charge < -0.3 is 9.64 Å². The first kappa shape index (κ1) is 29.4. The van der Waals surface area contributed by atoms with Gasteiger partial charge in [0, 0.05) is 33.5 Å². The molecule has 6 aliphatic rings. The summed E-state index contributed by atoms with van der Waals surface area (Å²) in [6.45, 7) is 9.71. The molecule has 0 aromatic heterocycles. The Bertz CT molecular complexity index is 2200. The number of anilines is 3. The highest BCUT2D eigenvalue weighted by atomic mass is 16.5. The number of para-hydroxylation sites is 3. The van der Waals surface area contributed by atoms with Gasteiger partial charge in [0.1, 0.15) is 5.75 Å². The molecule has 1 heterocycles. The van der Waals surface area contributed by atoms with Gasteiger partial charge in [-0.1, -0.05) is 113 Å². The van der Waals surface area contributed by atoms with Crippen LogP contribution in [0.3, 0.4) is 0 Å². The molecular weight excluding hydrogens is 607 g/mol. The van der Waals surface area contributed by atoms with E-state index < -0.39 is 0 Å². The van der Waals surface area contributed by atoms with Crippen molar-refractivity contribution in [1.82, 2.24) is 0 Å². The zero-order valence-electron chi connectivity index (χ0n) is 29.9. The molecule has 6 atom stereocenters. The van der Waals surface area contributed by atoms with E-state index in [2.05, 4.69) is 148 Å². The van der Waals surface area contributed by atoms with E-state index in [-0.39, 0.29) is 16.2 Å². The third kappa shape index (κ3) is 3.51. The summed E-state index contributed by atoms with van der Waals surface area (Å²) < 4.78 is 7.49. The maximum Gasteiger partial charge on any atom is 0.155 e. The van der Waals surface area contributed by atoms with Crippen LogP contribution in [0.2, 0.25) is 0 Å². The Balaban J connectivity index is 1.16. The second-order valence-corrected chi connectivity index (χ2v) is 18.0. The predicted octanol–water partition coefficient (Wildman–Crippen LogP) is 12.6. The number of hydrogen-bond donors (Lipinski definition) is 0. The van der Waals surface area contributed by atoms with Gasteiger partial charge in [-0.15, -0.1) is 0 Å². The molecule has 11 rings (SSSR count). The SMILES string of the molecule is CC1(C)CCC(C)(C)c2cc(N(c3ccccc3)c3cccc4c3Oc3c(-c5ccccc5)cccc3C43C4CC5CC6CC3C64C5)ccc21. The normalized spacial score (nSPS) is 31.0. The minimum atomic E-state index is -0.000385. The lowest BCUT2D eigenvalue weighted by molar-refractivity contribution is -0.235. The van der Waals surface area contributed by atoms with Crippen molar-refractivity contribution in [2.75, 3.05) is 4.90 Å². The fourth-order valence-corrected chi connectivity index (χ4v) is 12.9. The summed E-state index contributed by atoms with van der Waals surface area (Å²) in [4.78, 5) is 2.50. The Hall–Kier alpha value is -4.30. The largest absolute Gasteiger partial charge is 0.454 e. The van der Waals surface area contributed by atoms with E-state index in [1.54, 1.807) is 0 Å². The maximum atomic E-state index is 7.49. The minimum absolute atomic E-state index is 0.000385. The second kappa shape index (κ2) is 9.72. The van der Waals surface area contributed by atoms with Gasteiger partial charge in [-0.2, -0.15) is 0 Å². The van der Waals surface area contributed by atoms with Crippen molar-refractivity contribution in [3.05, 3.63) is 138 Å². The summed E-state index contributed by atoms with van der Waals surface area (Å²) in [5, 5.41) is 0. The van der Waals surface area contributed by atoms with Crippen molar-refractivity contribution < 1.29 is 4.74 Å². The highest BCUT2D eigenvalue weighted by molar-refractivity contribution is 5.86. The molecule has 0 saturated heterocycles. The van der Waals surface area contributed by atoms with Crippen LogP contribution in [0.4, 0.5) is 17.1 Å². The van der Waals surface area contributed by atoms with Crippen LogP contribution in [0, 0.1) is 29.1 Å². The molecule has 5 aromatic carbocycles. The lowest BCUT2D eigenvalue weighted by Gasteiger charge is -2.77. The highest BCUT2D eigenvalue weighted by Gasteiger charge is 2.84. The summed E-state index contributed by atoms with van der Waals surface area (Å²) in [5.74, 6) is 5.36. The number of nitrogens with zero attached hydrogens (tertiary/aromatic N) is 1. The van der Waals surface area contributed by atoms with Gasteiger partial charge in [-0.25, -0.2) is 0 Å². The van der Waals surface area contributed by atoms with Crippen LogP contribution in [-0.2, 0) is 16.2 Å². The highest BCUT2D eigenvalue weighted by Crippen LogP contribution is 2.89. The van der Waals surface area contributed by atoms with Gasteiger partial charge in [0.05, 0.1) is 5.69 Å². The lowest BCUT2D eigenvalue weighted by Crippen LogP contribution is -2.74. The summed E-state index contributed by atoms with van der Waals surface area (Å²) in [7, 11) is 0. The van der Waals surface area contributed by atoms with Gasteiger partial charge in [-0.3, -0.25) is 0 Å². The quantitative estimate of drug-likeness (QED) is 0.191. The summed E-state index contributed by atoms with van der Waals surface area (Å²) in [6, 6.07) is 43.4. The fourth-order valence-electron chi connectivity index (χ4n) is 12.9. The molecule has 0 N–H and O–H groups in total. The van der Waals surface area contributed by atoms with E-state index in [1.807, 2.05) is 0 Å². The van der Waals surface area contributed by atoms with Crippen LogP contribution in [0.15, 0.2) is 115 Å². The number of fused-ring (bicyclic) bond motifs is 8. The molecule has 2 spiro atoms. The standard InChI is InChI=1S/C48H47NO/c1-45(2)23-24-46(3,4)39-28-34(21-22-36(39)45)49(33-15-9-6-10-16-33)40-20-12-19-38-44(40)50-43-35(31-13-7-5-8-14-31)17-11-18-37(43)48(38)41-26-30-25-32-27-42(48)47(32,41)29-30/h5-22,28,30,32,41-42H,23-27,29H2,1-4H3. The summed E-state index contributed by atoms with van der Waals surface area (Å²) >= 11 is 0. The topological polar surface area (TPSA) is 12.5 Å². The second-order valence-electron chi connectivity index (χ2n) is 18.0. The van der Waals surface area contributed by atoms with Gasteiger partial charge in [-0.05, 0) is 125 Å². The Labute approximate surface area is 297 Å². The van der Waals surface area contributed by atoms with Crippen LogP contribution in [-0.4, -0.2) is 0 Å². The van der Waals surface area contributed by atoms with Crippen LogP contribution >= 0.6 is 0 Å². The van der Waals surface area contributed by atoms with Crippen LogP contribution < -0.4 is 9.64 Å². The van der Waals surface area contributed by atoms with E-state index in [9.17, 15) is 0 Å². The smallest absolute Gasteiger partial charge is 0.155 e. The monoisotopic (exact) mass is 653 g/mol. The summed E-state index contributed by atoms with van der Waals surface area (Å²) in [6.07, 6.45) is 8.06. The molecule has 5 aromatic rings. The van der Waals surface area contributed by atoms with Crippen molar-refractivity contribution in [2.24, 2.45) is 29.1 Å². The van der Waals surface area contributed by atoms with Gasteiger partial charge in [0.15, 0.2) is 5.75 Å². The molecule has 6 unspecified atom stereocenters. The van der Waals surface area contributed by atoms with Crippen molar-refractivity contribution >= 4 is 17.1 Å². The molecule has 4 saturated carbocycles. The summed E-state index contributed by atoms with van der Waals surface area (Å²) in [5.41, 5.74) is 12.7. The van der Waals surface area contributed by atoms with Gasteiger partial charge >= 0.3 is 0 Å². The van der Waals surface area contributed by atoms with Crippen molar-refractivity contribution in [2.45, 2.75) is 82.5 Å². The van der Waals surface area contributed by atoms with E-state index in [4.69, 9.17) is 4.74 Å². The van der Waals surface area contributed by atoms with Gasteiger partial charge in [0.2, 0.25) is 0 Å². The van der Waals surface area contributed by atoms with Gasteiger partial charge in [0.25, 0.3) is 0 Å². The molecule has 50 heavy (non-hydrogen) atoms. The number of ether oxygens (including phenoxy) is 1. The average Bonchev–Trinajstić information content (AvgIpc) is 3.66.